The summed E-state index contributed by atoms with van der Waals surface area (Å²) >= 11 is 0. The summed E-state index contributed by atoms with van der Waals surface area (Å²) in [5.41, 5.74) is 1.27. The van der Waals surface area contributed by atoms with Gasteiger partial charge in [0.15, 0.2) is 18.1 Å². The first-order valence-electron chi connectivity index (χ1n) is 9.62. The fourth-order valence-electron chi connectivity index (χ4n) is 2.84. The van der Waals surface area contributed by atoms with Gasteiger partial charge < -0.3 is 24.8 Å². The number of hydrogen-bond donors (Lipinski definition) is 2. The first-order valence-corrected chi connectivity index (χ1v) is 9.62. The van der Waals surface area contributed by atoms with Crippen molar-refractivity contribution in [2.75, 3.05) is 13.4 Å². The van der Waals surface area contributed by atoms with Crippen LogP contribution in [0.1, 0.15) is 29.8 Å². The summed E-state index contributed by atoms with van der Waals surface area (Å²) in [6, 6.07) is 13.1. The van der Waals surface area contributed by atoms with E-state index < -0.39 is 24.5 Å². The van der Waals surface area contributed by atoms with E-state index in [1.165, 1.54) is 0 Å². The maximum atomic E-state index is 12.4. The summed E-state index contributed by atoms with van der Waals surface area (Å²) in [5.74, 6) is -0.399. The molecule has 8 nitrogen and oxygen atoms in total. The lowest BCUT2D eigenvalue weighted by atomic mass is 10.0. The third-order valence-electron chi connectivity index (χ3n) is 4.52. The molecule has 1 aliphatic heterocycles. The highest BCUT2D eigenvalue weighted by Gasteiger charge is 2.26. The fourth-order valence-corrected chi connectivity index (χ4v) is 2.84. The molecule has 2 amide bonds. The molecular weight excluding hydrogens is 388 g/mol. The standard InChI is InChI=1S/C22H24N2O6/c1-14(2)20(24-21(26)16-6-4-3-5-7-16)22(27)28-12-19(25)23-11-15-8-9-17-18(10-15)30-13-29-17/h3-10,14,20H,11-13H2,1-2H3,(H,23,25)(H,24,26)/t20-/m1/s1. The fraction of sp³-hybridized carbons (Fsp3) is 0.318. The van der Waals surface area contributed by atoms with Crippen LogP contribution >= 0.6 is 0 Å². The van der Waals surface area contributed by atoms with Crippen molar-refractivity contribution in [2.45, 2.75) is 26.4 Å². The van der Waals surface area contributed by atoms with E-state index in [0.29, 0.717) is 17.1 Å². The number of esters is 1. The van der Waals surface area contributed by atoms with Crippen molar-refractivity contribution in [3.05, 3.63) is 59.7 Å². The van der Waals surface area contributed by atoms with Gasteiger partial charge in [0.25, 0.3) is 11.8 Å². The number of benzene rings is 2. The molecule has 0 unspecified atom stereocenters. The molecule has 0 radical (unpaired) electrons. The van der Waals surface area contributed by atoms with Crippen molar-refractivity contribution in [3.8, 4) is 11.5 Å². The smallest absolute Gasteiger partial charge is 0.329 e. The molecule has 0 aromatic heterocycles. The number of hydrogen-bond acceptors (Lipinski definition) is 6. The molecule has 0 saturated heterocycles. The van der Waals surface area contributed by atoms with E-state index in [0.717, 1.165) is 5.56 Å². The Hall–Kier alpha value is -3.55. The summed E-state index contributed by atoms with van der Waals surface area (Å²) in [4.78, 5) is 36.8. The van der Waals surface area contributed by atoms with Gasteiger partial charge in [-0.25, -0.2) is 4.79 Å². The van der Waals surface area contributed by atoms with Gasteiger partial charge >= 0.3 is 5.97 Å². The maximum absolute atomic E-state index is 12.4. The Morgan fingerprint density at radius 2 is 1.77 bits per heavy atom. The number of rotatable bonds is 8. The predicted octanol–water partition coefficient (Wildman–Crippen LogP) is 2.03. The molecule has 8 heteroatoms. The molecule has 3 rings (SSSR count). The van der Waals surface area contributed by atoms with Crippen molar-refractivity contribution in [2.24, 2.45) is 5.92 Å². The third-order valence-corrected chi connectivity index (χ3v) is 4.52. The Morgan fingerprint density at radius 3 is 2.50 bits per heavy atom. The molecule has 2 aromatic carbocycles. The van der Waals surface area contributed by atoms with Crippen LogP contribution in [0.4, 0.5) is 0 Å². The average molecular weight is 412 g/mol. The van der Waals surface area contributed by atoms with Crippen LogP contribution in [0.3, 0.4) is 0 Å². The second kappa shape index (κ2) is 9.78. The maximum Gasteiger partial charge on any atom is 0.329 e. The highest BCUT2D eigenvalue weighted by atomic mass is 16.7. The number of fused-ring (bicyclic) bond motifs is 1. The normalized spacial score (nSPS) is 12.9. The van der Waals surface area contributed by atoms with Crippen molar-refractivity contribution in [1.29, 1.82) is 0 Å². The quantitative estimate of drug-likeness (QED) is 0.643. The molecule has 30 heavy (non-hydrogen) atoms. The SMILES string of the molecule is CC(C)[C@@H](NC(=O)c1ccccc1)C(=O)OCC(=O)NCc1ccc2c(c1)OCO2. The van der Waals surface area contributed by atoms with Gasteiger partial charge in [0, 0.05) is 12.1 Å². The Bertz CT molecular complexity index is 913. The van der Waals surface area contributed by atoms with Gasteiger partial charge in [0.05, 0.1) is 0 Å². The topological polar surface area (TPSA) is 103 Å². The lowest BCUT2D eigenvalue weighted by molar-refractivity contribution is -0.151. The highest BCUT2D eigenvalue weighted by molar-refractivity contribution is 5.97. The molecule has 1 aliphatic rings. The zero-order valence-corrected chi connectivity index (χ0v) is 16.8. The molecule has 0 spiro atoms. The second-order valence-corrected chi connectivity index (χ2v) is 7.13. The number of carbonyl (C=O) groups is 3. The average Bonchev–Trinajstić information content (AvgIpc) is 3.22. The number of ether oxygens (including phenoxy) is 3. The summed E-state index contributed by atoms with van der Waals surface area (Å²) in [6.07, 6.45) is 0. The van der Waals surface area contributed by atoms with Gasteiger partial charge in [-0.15, -0.1) is 0 Å². The van der Waals surface area contributed by atoms with E-state index in [-0.39, 0.29) is 25.2 Å². The first kappa shape index (κ1) is 21.2. The van der Waals surface area contributed by atoms with Crippen molar-refractivity contribution in [3.63, 3.8) is 0 Å². The highest BCUT2D eigenvalue weighted by Crippen LogP contribution is 2.32. The van der Waals surface area contributed by atoms with Crippen LogP contribution in [-0.4, -0.2) is 37.2 Å². The van der Waals surface area contributed by atoms with E-state index in [9.17, 15) is 14.4 Å². The van der Waals surface area contributed by atoms with Crippen LogP contribution in [0.5, 0.6) is 11.5 Å². The van der Waals surface area contributed by atoms with Gasteiger partial charge in [-0.05, 0) is 35.7 Å². The third kappa shape index (κ3) is 5.50. The number of carbonyl (C=O) groups excluding carboxylic acids is 3. The molecule has 1 heterocycles. The van der Waals surface area contributed by atoms with Crippen molar-refractivity contribution >= 4 is 17.8 Å². The van der Waals surface area contributed by atoms with Crippen molar-refractivity contribution in [1.82, 2.24) is 10.6 Å². The van der Waals surface area contributed by atoms with Crippen LogP contribution < -0.4 is 20.1 Å². The van der Waals surface area contributed by atoms with Crippen LogP contribution in [0.15, 0.2) is 48.5 Å². The summed E-state index contributed by atoms with van der Waals surface area (Å²) in [6.45, 7) is 3.58. The second-order valence-electron chi connectivity index (χ2n) is 7.13. The number of amides is 2. The molecule has 0 fully saturated rings. The molecule has 0 bridgehead atoms. The van der Waals surface area contributed by atoms with E-state index in [1.807, 2.05) is 6.07 Å². The molecule has 0 aliphatic carbocycles. The minimum Gasteiger partial charge on any atom is -0.454 e. The van der Waals surface area contributed by atoms with E-state index in [1.54, 1.807) is 56.3 Å². The minimum absolute atomic E-state index is 0.179. The van der Waals surface area contributed by atoms with Crippen molar-refractivity contribution < 1.29 is 28.6 Å². The molecule has 0 saturated carbocycles. The van der Waals surface area contributed by atoms with Gasteiger partial charge in [0.2, 0.25) is 6.79 Å². The largest absolute Gasteiger partial charge is 0.454 e. The molecule has 2 N–H and O–H groups in total. The Balaban J connectivity index is 1.47. The lowest BCUT2D eigenvalue weighted by Gasteiger charge is -2.20. The number of nitrogens with one attached hydrogen (secondary N) is 2. The van der Waals surface area contributed by atoms with Crippen LogP contribution in [0.25, 0.3) is 0 Å². The molecule has 158 valence electrons. The monoisotopic (exact) mass is 412 g/mol. The zero-order chi connectivity index (χ0) is 21.5. The zero-order valence-electron chi connectivity index (χ0n) is 16.8. The molecule has 2 aromatic rings. The Labute approximate surface area is 174 Å². The first-order chi connectivity index (χ1) is 14.4. The Kier molecular flexibility index (Phi) is 6.90. The van der Waals surface area contributed by atoms with Gasteiger partial charge in [-0.1, -0.05) is 38.1 Å². The summed E-state index contributed by atoms with van der Waals surface area (Å²) in [7, 11) is 0. The molecular formula is C22H24N2O6. The summed E-state index contributed by atoms with van der Waals surface area (Å²) < 4.78 is 15.7. The van der Waals surface area contributed by atoms with Crippen LogP contribution in [-0.2, 0) is 20.9 Å². The van der Waals surface area contributed by atoms with E-state index in [2.05, 4.69) is 10.6 Å². The van der Waals surface area contributed by atoms with Gasteiger partial charge in [0.1, 0.15) is 6.04 Å². The predicted molar refractivity (Wildman–Crippen MR) is 108 cm³/mol. The lowest BCUT2D eigenvalue weighted by Crippen LogP contribution is -2.46. The molecule has 1 atom stereocenters. The van der Waals surface area contributed by atoms with Crippen LogP contribution in [0.2, 0.25) is 0 Å². The van der Waals surface area contributed by atoms with Crippen LogP contribution in [0, 0.1) is 5.92 Å². The van der Waals surface area contributed by atoms with E-state index >= 15 is 0 Å². The van der Waals surface area contributed by atoms with Gasteiger partial charge in [-0.3, -0.25) is 9.59 Å². The Morgan fingerprint density at radius 1 is 1.03 bits per heavy atom. The minimum atomic E-state index is -0.862. The van der Waals surface area contributed by atoms with Gasteiger partial charge in [-0.2, -0.15) is 0 Å². The summed E-state index contributed by atoms with van der Waals surface area (Å²) in [5, 5.41) is 5.35. The van der Waals surface area contributed by atoms with E-state index in [4.69, 9.17) is 14.2 Å².